The second kappa shape index (κ2) is 13.0. The van der Waals surface area contributed by atoms with Crippen LogP contribution in [0.1, 0.15) is 66.0 Å². The molecule has 0 spiro atoms. The van der Waals surface area contributed by atoms with Gasteiger partial charge in [-0.15, -0.1) is 0 Å². The van der Waals surface area contributed by atoms with Gasteiger partial charge in [0.15, 0.2) is 0 Å². The van der Waals surface area contributed by atoms with Gasteiger partial charge >= 0.3 is 0 Å². The summed E-state index contributed by atoms with van der Waals surface area (Å²) in [4.78, 5) is 0. The van der Waals surface area contributed by atoms with Crippen molar-refractivity contribution in [2.75, 3.05) is 11.5 Å². The van der Waals surface area contributed by atoms with Crippen LogP contribution in [0.4, 0.5) is 11.4 Å². The van der Waals surface area contributed by atoms with Gasteiger partial charge in [-0.3, -0.25) is 0 Å². The van der Waals surface area contributed by atoms with Crippen LogP contribution in [0, 0.1) is 5.92 Å². The number of hydrogen-bond donors (Lipinski definition) is 2. The van der Waals surface area contributed by atoms with E-state index < -0.39 is 0 Å². The van der Waals surface area contributed by atoms with Crippen molar-refractivity contribution >= 4 is 11.4 Å². The molecule has 0 saturated heterocycles. The quantitative estimate of drug-likeness (QED) is 0.161. The van der Waals surface area contributed by atoms with Crippen molar-refractivity contribution in [3.05, 3.63) is 130 Å². The number of rotatable bonds is 12. The van der Waals surface area contributed by atoms with E-state index in [1.54, 1.807) is 0 Å². The first kappa shape index (κ1) is 25.6. The van der Waals surface area contributed by atoms with Crippen molar-refractivity contribution in [3.63, 3.8) is 0 Å². The summed E-state index contributed by atoms with van der Waals surface area (Å²) in [5.74, 6) is 0.669. The van der Waals surface area contributed by atoms with Crippen molar-refractivity contribution in [2.24, 2.45) is 5.92 Å². The van der Waals surface area contributed by atoms with Gasteiger partial charge < -0.3 is 11.5 Å². The Morgan fingerprint density at radius 2 is 0.806 bits per heavy atom. The van der Waals surface area contributed by atoms with Crippen LogP contribution in [0.15, 0.2) is 97.1 Å². The molecule has 0 aliphatic rings. The van der Waals surface area contributed by atoms with Gasteiger partial charge in [-0.2, -0.15) is 0 Å². The largest absolute Gasteiger partial charge is 0.399 e. The Kier molecular flexibility index (Phi) is 9.21. The van der Waals surface area contributed by atoms with E-state index in [0.717, 1.165) is 37.1 Å². The molecule has 0 aromatic heterocycles. The third-order valence-corrected chi connectivity index (χ3v) is 7.09. The molecule has 0 bridgehead atoms. The average molecular weight is 477 g/mol. The summed E-state index contributed by atoms with van der Waals surface area (Å²) < 4.78 is 0. The fraction of sp³-hybridized carbons (Fsp3) is 0.294. The Bertz CT molecular complexity index is 1080. The summed E-state index contributed by atoms with van der Waals surface area (Å²) >= 11 is 0. The van der Waals surface area contributed by atoms with Crippen molar-refractivity contribution in [1.82, 2.24) is 0 Å². The van der Waals surface area contributed by atoms with Gasteiger partial charge in [-0.1, -0.05) is 99.0 Å². The summed E-state index contributed by atoms with van der Waals surface area (Å²) in [6.07, 6.45) is 9.36. The molecule has 4 aromatic carbocycles. The van der Waals surface area contributed by atoms with Gasteiger partial charge in [0.1, 0.15) is 0 Å². The molecule has 0 amide bonds. The van der Waals surface area contributed by atoms with Gasteiger partial charge in [-0.25, -0.2) is 0 Å². The van der Waals surface area contributed by atoms with E-state index in [4.69, 9.17) is 11.5 Å². The molecule has 0 fully saturated rings. The number of hydrogen-bond acceptors (Lipinski definition) is 2. The normalized spacial score (nSPS) is 11.2. The van der Waals surface area contributed by atoms with Crippen LogP contribution in [0.25, 0.3) is 0 Å². The zero-order valence-corrected chi connectivity index (χ0v) is 21.6. The molecule has 2 nitrogen and oxygen atoms in total. The topological polar surface area (TPSA) is 52.0 Å². The fourth-order valence-electron chi connectivity index (χ4n) is 4.95. The summed E-state index contributed by atoms with van der Waals surface area (Å²) in [6, 6.07) is 34.9. The van der Waals surface area contributed by atoms with Crippen molar-refractivity contribution in [3.8, 4) is 0 Å². The third-order valence-electron chi connectivity index (χ3n) is 7.09. The molecule has 2 heteroatoms. The van der Waals surface area contributed by atoms with Crippen LogP contribution in [0.5, 0.6) is 0 Å². The molecular formula is C34H40N2. The molecule has 4 aromatic rings. The molecule has 0 aliphatic carbocycles. The van der Waals surface area contributed by atoms with Gasteiger partial charge in [0.25, 0.3) is 0 Å². The molecule has 36 heavy (non-hydrogen) atoms. The first-order valence-corrected chi connectivity index (χ1v) is 13.4. The van der Waals surface area contributed by atoms with Gasteiger partial charge in [-0.05, 0) is 95.7 Å². The summed E-state index contributed by atoms with van der Waals surface area (Å²) in [7, 11) is 0. The molecule has 4 rings (SSSR count). The van der Waals surface area contributed by atoms with E-state index in [0.29, 0.717) is 5.92 Å². The smallest absolute Gasteiger partial charge is 0.0314 e. The van der Waals surface area contributed by atoms with Gasteiger partial charge in [0, 0.05) is 11.4 Å². The lowest BCUT2D eigenvalue weighted by Gasteiger charge is -2.18. The molecule has 0 atom stereocenters. The van der Waals surface area contributed by atoms with Crippen LogP contribution < -0.4 is 11.5 Å². The maximum Gasteiger partial charge on any atom is 0.0314 e. The molecule has 0 unspecified atom stereocenters. The average Bonchev–Trinajstić information content (AvgIpc) is 2.89. The highest BCUT2D eigenvalue weighted by atomic mass is 14.5. The SMILES string of the molecule is CCCCCC(Cc1ccc(Cc2ccc(N)cc2)cc1)Cc1ccc(Cc2ccc(N)cc2)cc1. The first-order chi connectivity index (χ1) is 17.6. The van der Waals surface area contributed by atoms with Crippen molar-refractivity contribution < 1.29 is 0 Å². The van der Waals surface area contributed by atoms with E-state index in [9.17, 15) is 0 Å². The Labute approximate surface area is 217 Å². The molecule has 186 valence electrons. The van der Waals surface area contributed by atoms with Crippen molar-refractivity contribution in [1.29, 1.82) is 0 Å². The second-order valence-corrected chi connectivity index (χ2v) is 10.2. The highest BCUT2D eigenvalue weighted by Gasteiger charge is 2.12. The Balaban J connectivity index is 1.36. The summed E-state index contributed by atoms with van der Waals surface area (Å²) in [5.41, 5.74) is 21.5. The Morgan fingerprint density at radius 1 is 0.472 bits per heavy atom. The van der Waals surface area contributed by atoms with Gasteiger partial charge in [0.2, 0.25) is 0 Å². The highest BCUT2D eigenvalue weighted by molar-refractivity contribution is 5.42. The standard InChI is InChI=1S/C34H40N2/c1-2-3-4-5-32(24-28-10-6-26(7-11-28)22-30-14-18-33(35)19-15-30)25-29-12-8-27(9-13-29)23-31-16-20-34(36)21-17-31/h6-21,32H,2-5,22-25,35-36H2,1H3. The maximum absolute atomic E-state index is 5.82. The molecule has 0 saturated carbocycles. The zero-order chi connectivity index (χ0) is 25.2. The zero-order valence-electron chi connectivity index (χ0n) is 21.6. The van der Waals surface area contributed by atoms with E-state index in [1.807, 2.05) is 24.3 Å². The van der Waals surface area contributed by atoms with Crippen molar-refractivity contribution in [2.45, 2.75) is 58.3 Å². The molecule has 0 aliphatic heterocycles. The minimum atomic E-state index is 0.669. The summed E-state index contributed by atoms with van der Waals surface area (Å²) in [5, 5.41) is 0. The predicted molar refractivity (Wildman–Crippen MR) is 155 cm³/mol. The lowest BCUT2D eigenvalue weighted by atomic mass is 9.87. The summed E-state index contributed by atoms with van der Waals surface area (Å²) in [6.45, 7) is 2.29. The third kappa shape index (κ3) is 8.02. The molecule has 0 heterocycles. The van der Waals surface area contributed by atoms with E-state index in [-0.39, 0.29) is 0 Å². The van der Waals surface area contributed by atoms with Crippen LogP contribution in [-0.4, -0.2) is 0 Å². The van der Waals surface area contributed by atoms with Crippen LogP contribution in [0.2, 0.25) is 0 Å². The number of unbranched alkanes of at least 4 members (excludes halogenated alkanes) is 2. The second-order valence-electron chi connectivity index (χ2n) is 10.2. The Hall–Kier alpha value is -3.52. The number of nitrogen functional groups attached to an aromatic ring is 2. The number of anilines is 2. The minimum absolute atomic E-state index is 0.669. The van der Waals surface area contributed by atoms with Crippen LogP contribution in [-0.2, 0) is 25.7 Å². The Morgan fingerprint density at radius 3 is 1.17 bits per heavy atom. The molecule has 0 radical (unpaired) electrons. The number of benzene rings is 4. The highest BCUT2D eigenvalue weighted by Crippen LogP contribution is 2.23. The first-order valence-electron chi connectivity index (χ1n) is 13.4. The molecule has 4 N–H and O–H groups in total. The monoisotopic (exact) mass is 476 g/mol. The lowest BCUT2D eigenvalue weighted by molar-refractivity contribution is 0.453. The van der Waals surface area contributed by atoms with E-state index >= 15 is 0 Å². The minimum Gasteiger partial charge on any atom is -0.399 e. The molecular weight excluding hydrogens is 436 g/mol. The maximum atomic E-state index is 5.82. The predicted octanol–water partition coefficient (Wildman–Crippen LogP) is 8.01. The fourth-order valence-corrected chi connectivity index (χ4v) is 4.95. The van der Waals surface area contributed by atoms with E-state index in [1.165, 1.54) is 59.1 Å². The lowest BCUT2D eigenvalue weighted by Crippen LogP contribution is -2.09. The van der Waals surface area contributed by atoms with Crippen LogP contribution >= 0.6 is 0 Å². The van der Waals surface area contributed by atoms with Crippen LogP contribution in [0.3, 0.4) is 0 Å². The van der Waals surface area contributed by atoms with Gasteiger partial charge in [0.05, 0.1) is 0 Å². The number of nitrogens with two attached hydrogens (primary N) is 2. The van der Waals surface area contributed by atoms with E-state index in [2.05, 4.69) is 79.7 Å².